The van der Waals surface area contributed by atoms with Crippen molar-refractivity contribution in [2.75, 3.05) is 5.32 Å². The van der Waals surface area contributed by atoms with Crippen molar-refractivity contribution >= 4 is 11.9 Å². The van der Waals surface area contributed by atoms with Gasteiger partial charge in [-0.1, -0.05) is 18.2 Å². The zero-order valence-corrected chi connectivity index (χ0v) is 14.4. The van der Waals surface area contributed by atoms with Gasteiger partial charge in [0.1, 0.15) is 0 Å². The van der Waals surface area contributed by atoms with Crippen molar-refractivity contribution in [3.05, 3.63) is 90.5 Å². The Morgan fingerprint density at radius 1 is 0.926 bits per heavy atom. The monoisotopic (exact) mass is 356 g/mol. The lowest BCUT2D eigenvalue weighted by Gasteiger charge is -2.07. The maximum Gasteiger partial charge on any atom is 0.281 e. The van der Waals surface area contributed by atoms with Crippen LogP contribution in [0.25, 0.3) is 11.4 Å². The Morgan fingerprint density at radius 2 is 1.74 bits per heavy atom. The fourth-order valence-electron chi connectivity index (χ4n) is 2.57. The van der Waals surface area contributed by atoms with Gasteiger partial charge in [0.2, 0.25) is 5.95 Å². The standard InChI is InChI=1S/C20H16N6O/c27-19(16-5-2-1-3-6-16)26-20(23-13-15-8-11-21-12-9-15)24-18(25-26)17-7-4-10-22-14-17/h1-12,14H,13H2,(H,23,24,25). The minimum Gasteiger partial charge on any atom is -0.350 e. The molecule has 0 amide bonds. The van der Waals surface area contributed by atoms with Gasteiger partial charge in [-0.15, -0.1) is 5.10 Å². The Hall–Kier alpha value is -3.87. The van der Waals surface area contributed by atoms with E-state index in [2.05, 4.69) is 25.4 Å². The number of benzene rings is 1. The third kappa shape index (κ3) is 3.72. The first kappa shape index (κ1) is 16.6. The van der Waals surface area contributed by atoms with Gasteiger partial charge < -0.3 is 5.32 Å². The van der Waals surface area contributed by atoms with Crippen LogP contribution in [0.1, 0.15) is 15.9 Å². The van der Waals surface area contributed by atoms with Gasteiger partial charge in [0.15, 0.2) is 5.82 Å². The fourth-order valence-corrected chi connectivity index (χ4v) is 2.57. The van der Waals surface area contributed by atoms with Gasteiger partial charge in [-0.25, -0.2) is 0 Å². The van der Waals surface area contributed by atoms with E-state index in [4.69, 9.17) is 0 Å². The van der Waals surface area contributed by atoms with Gasteiger partial charge in [0.05, 0.1) is 0 Å². The molecule has 0 bridgehead atoms. The Balaban J connectivity index is 1.69. The average Bonchev–Trinajstić information content (AvgIpc) is 3.18. The van der Waals surface area contributed by atoms with Crippen molar-refractivity contribution in [2.24, 2.45) is 0 Å². The third-order valence-corrected chi connectivity index (χ3v) is 3.94. The topological polar surface area (TPSA) is 85.6 Å². The number of hydrogen-bond donors (Lipinski definition) is 1. The van der Waals surface area contributed by atoms with Crippen LogP contribution in [-0.4, -0.2) is 30.6 Å². The summed E-state index contributed by atoms with van der Waals surface area (Å²) in [6, 6.07) is 16.4. The predicted octanol–water partition coefficient (Wildman–Crippen LogP) is 3.04. The summed E-state index contributed by atoms with van der Waals surface area (Å²) in [5, 5.41) is 7.60. The van der Waals surface area contributed by atoms with Crippen LogP contribution >= 0.6 is 0 Å². The summed E-state index contributed by atoms with van der Waals surface area (Å²) in [4.78, 5) is 25.5. The van der Waals surface area contributed by atoms with E-state index >= 15 is 0 Å². The van der Waals surface area contributed by atoms with Crippen molar-refractivity contribution in [1.82, 2.24) is 24.7 Å². The summed E-state index contributed by atoms with van der Waals surface area (Å²) in [7, 11) is 0. The molecule has 27 heavy (non-hydrogen) atoms. The van der Waals surface area contributed by atoms with Gasteiger partial charge in [-0.3, -0.25) is 14.8 Å². The molecule has 1 aromatic carbocycles. The van der Waals surface area contributed by atoms with E-state index in [1.54, 1.807) is 43.0 Å². The molecule has 0 radical (unpaired) electrons. The first-order valence-electron chi connectivity index (χ1n) is 8.41. The molecule has 0 spiro atoms. The molecule has 0 aliphatic rings. The second kappa shape index (κ2) is 7.57. The zero-order chi connectivity index (χ0) is 18.5. The van der Waals surface area contributed by atoms with E-state index in [-0.39, 0.29) is 5.91 Å². The molecule has 0 fully saturated rings. The normalized spacial score (nSPS) is 10.5. The molecule has 0 saturated heterocycles. The van der Waals surface area contributed by atoms with Gasteiger partial charge in [-0.05, 0) is 42.0 Å². The maximum atomic E-state index is 12.9. The lowest BCUT2D eigenvalue weighted by atomic mass is 10.2. The first-order valence-corrected chi connectivity index (χ1v) is 8.41. The number of carbonyl (C=O) groups excluding carboxylic acids is 1. The van der Waals surface area contributed by atoms with Crippen molar-refractivity contribution in [3.63, 3.8) is 0 Å². The third-order valence-electron chi connectivity index (χ3n) is 3.94. The summed E-state index contributed by atoms with van der Waals surface area (Å²) in [5.41, 5.74) is 2.30. The van der Waals surface area contributed by atoms with Crippen molar-refractivity contribution in [3.8, 4) is 11.4 Å². The number of rotatable bonds is 5. The van der Waals surface area contributed by atoms with Gasteiger partial charge >= 0.3 is 0 Å². The summed E-state index contributed by atoms with van der Waals surface area (Å²) < 4.78 is 1.29. The average molecular weight is 356 g/mol. The summed E-state index contributed by atoms with van der Waals surface area (Å²) in [6.45, 7) is 0.496. The molecule has 0 aliphatic heterocycles. The van der Waals surface area contributed by atoms with Crippen molar-refractivity contribution in [2.45, 2.75) is 6.54 Å². The number of aromatic nitrogens is 5. The highest BCUT2D eigenvalue weighted by Crippen LogP contribution is 2.18. The van der Waals surface area contributed by atoms with E-state index in [0.717, 1.165) is 11.1 Å². The molecule has 3 aromatic heterocycles. The van der Waals surface area contributed by atoms with Crippen LogP contribution in [0, 0.1) is 0 Å². The Bertz CT molecular complexity index is 1030. The molecule has 3 heterocycles. The molecule has 0 atom stereocenters. The number of nitrogens with zero attached hydrogens (tertiary/aromatic N) is 5. The summed E-state index contributed by atoms with van der Waals surface area (Å²) >= 11 is 0. The second-order valence-electron chi connectivity index (χ2n) is 5.79. The van der Waals surface area contributed by atoms with Crippen LogP contribution < -0.4 is 5.32 Å². The van der Waals surface area contributed by atoms with Crippen LogP contribution in [0.15, 0.2) is 79.4 Å². The smallest absolute Gasteiger partial charge is 0.281 e. The Labute approximate surface area is 155 Å². The lowest BCUT2D eigenvalue weighted by Crippen LogP contribution is -2.17. The lowest BCUT2D eigenvalue weighted by molar-refractivity contribution is 0.0947. The quantitative estimate of drug-likeness (QED) is 0.591. The zero-order valence-electron chi connectivity index (χ0n) is 14.4. The van der Waals surface area contributed by atoms with Crippen LogP contribution in [-0.2, 0) is 6.54 Å². The van der Waals surface area contributed by atoms with Crippen molar-refractivity contribution < 1.29 is 4.79 Å². The van der Waals surface area contributed by atoms with E-state index < -0.39 is 0 Å². The number of pyridine rings is 2. The van der Waals surface area contributed by atoms with Crippen molar-refractivity contribution in [1.29, 1.82) is 0 Å². The summed E-state index contributed by atoms with van der Waals surface area (Å²) in [5.74, 6) is 0.555. The van der Waals surface area contributed by atoms with Gasteiger partial charge in [0, 0.05) is 42.5 Å². The predicted molar refractivity (Wildman–Crippen MR) is 101 cm³/mol. The molecule has 132 valence electrons. The molecule has 0 unspecified atom stereocenters. The molecule has 7 nitrogen and oxygen atoms in total. The molecule has 0 aliphatic carbocycles. The molecular weight excluding hydrogens is 340 g/mol. The van der Waals surface area contributed by atoms with Crippen LogP contribution in [0.3, 0.4) is 0 Å². The maximum absolute atomic E-state index is 12.9. The number of anilines is 1. The van der Waals surface area contributed by atoms with Gasteiger partial charge in [0.25, 0.3) is 5.91 Å². The highest BCUT2D eigenvalue weighted by Gasteiger charge is 2.18. The van der Waals surface area contributed by atoms with Crippen LogP contribution in [0.4, 0.5) is 5.95 Å². The molecular formula is C20H16N6O. The molecule has 4 rings (SSSR count). The molecule has 0 saturated carbocycles. The highest BCUT2D eigenvalue weighted by molar-refractivity contribution is 5.97. The molecule has 1 N–H and O–H groups in total. The van der Waals surface area contributed by atoms with Crippen LogP contribution in [0.2, 0.25) is 0 Å². The number of nitrogens with one attached hydrogen (secondary N) is 1. The van der Waals surface area contributed by atoms with E-state index in [9.17, 15) is 4.79 Å². The second-order valence-corrected chi connectivity index (χ2v) is 5.79. The van der Waals surface area contributed by atoms with E-state index in [1.807, 2.05) is 36.4 Å². The Morgan fingerprint density at radius 3 is 2.48 bits per heavy atom. The highest BCUT2D eigenvalue weighted by atomic mass is 16.2. The number of hydrogen-bond acceptors (Lipinski definition) is 6. The van der Waals surface area contributed by atoms with E-state index in [0.29, 0.717) is 23.9 Å². The van der Waals surface area contributed by atoms with E-state index in [1.165, 1.54) is 4.68 Å². The van der Waals surface area contributed by atoms with Gasteiger partial charge in [-0.2, -0.15) is 9.67 Å². The molecule has 7 heteroatoms. The first-order chi connectivity index (χ1) is 13.3. The Kier molecular flexibility index (Phi) is 4.65. The minimum atomic E-state index is -0.254. The SMILES string of the molecule is O=C(c1ccccc1)n1nc(-c2cccnc2)nc1NCc1ccncc1. The summed E-state index contributed by atoms with van der Waals surface area (Å²) in [6.07, 6.45) is 6.79. The molecule has 4 aromatic rings. The largest absolute Gasteiger partial charge is 0.350 e. The fraction of sp³-hybridized carbons (Fsp3) is 0.0500. The minimum absolute atomic E-state index is 0.254. The number of carbonyl (C=O) groups is 1. The van der Waals surface area contributed by atoms with Crippen LogP contribution in [0.5, 0.6) is 0 Å².